The summed E-state index contributed by atoms with van der Waals surface area (Å²) in [5.74, 6) is -0.127. The summed E-state index contributed by atoms with van der Waals surface area (Å²) in [6.45, 7) is 2.27. The van der Waals surface area contributed by atoms with E-state index in [-0.39, 0.29) is 16.8 Å². The van der Waals surface area contributed by atoms with Gasteiger partial charge in [-0.25, -0.2) is 8.42 Å². The molecule has 1 fully saturated rings. The molecule has 1 aromatic rings. The average Bonchev–Trinajstić information content (AvgIpc) is 2.39. The van der Waals surface area contributed by atoms with Crippen molar-refractivity contribution in [2.45, 2.75) is 30.7 Å². The Kier molecular flexibility index (Phi) is 4.82. The molecule has 1 heterocycles. The van der Waals surface area contributed by atoms with Gasteiger partial charge in [0.2, 0.25) is 15.9 Å². The van der Waals surface area contributed by atoms with E-state index in [1.165, 1.54) is 11.2 Å². The van der Waals surface area contributed by atoms with Gasteiger partial charge in [-0.2, -0.15) is 4.31 Å². The highest BCUT2D eigenvalue weighted by Gasteiger charge is 2.30. The van der Waals surface area contributed by atoms with E-state index in [1.807, 2.05) is 0 Å². The van der Waals surface area contributed by atoms with Crippen molar-refractivity contribution in [1.29, 1.82) is 0 Å². The molecule has 1 aliphatic heterocycles. The van der Waals surface area contributed by atoms with Crippen LogP contribution in [0.5, 0.6) is 0 Å². The van der Waals surface area contributed by atoms with Gasteiger partial charge in [-0.05, 0) is 37.1 Å². The number of rotatable bonds is 3. The van der Waals surface area contributed by atoms with Crippen LogP contribution >= 0.6 is 15.9 Å². The fraction of sp³-hybridized carbons (Fsp3) is 0.462. The number of carbonyl (C=O) groups is 1. The number of hydrogen-bond donors (Lipinski definition) is 1. The van der Waals surface area contributed by atoms with Gasteiger partial charge in [-0.15, -0.1) is 0 Å². The minimum absolute atomic E-state index is 0.105. The van der Waals surface area contributed by atoms with Crippen LogP contribution in [0.2, 0.25) is 0 Å². The second kappa shape index (κ2) is 6.24. The van der Waals surface area contributed by atoms with Crippen LogP contribution < -0.4 is 5.32 Å². The normalized spacial score (nSPS) is 20.6. The Balaban J connectivity index is 2.16. The summed E-state index contributed by atoms with van der Waals surface area (Å²) in [4.78, 5) is 11.4. The zero-order chi connectivity index (χ0) is 14.8. The van der Waals surface area contributed by atoms with Crippen molar-refractivity contribution in [3.8, 4) is 0 Å². The number of sulfonamides is 1. The number of hydrogen-bond acceptors (Lipinski definition) is 3. The van der Waals surface area contributed by atoms with Gasteiger partial charge in [0, 0.05) is 30.5 Å². The Bertz CT molecular complexity index is 586. The molecule has 1 amide bonds. The number of nitrogens with zero attached hydrogens (tertiary/aromatic N) is 1. The molecular weight excluding hydrogens is 344 g/mol. The number of halogens is 1. The first-order valence-corrected chi connectivity index (χ1v) is 8.66. The summed E-state index contributed by atoms with van der Waals surface area (Å²) in [6, 6.07) is 6.49. The predicted octanol–water partition coefficient (Wildman–Crippen LogP) is 1.74. The lowest BCUT2D eigenvalue weighted by molar-refractivity contribution is -0.119. The van der Waals surface area contributed by atoms with Gasteiger partial charge in [0.25, 0.3) is 0 Å². The lowest BCUT2D eigenvalue weighted by Crippen LogP contribution is -2.49. The molecule has 1 saturated heterocycles. The summed E-state index contributed by atoms with van der Waals surface area (Å²) in [7, 11) is -3.49. The van der Waals surface area contributed by atoms with Crippen LogP contribution in [0.25, 0.3) is 0 Å². The SMILES string of the molecule is CC(=O)NC1CCCN(S(=O)(=O)c2ccc(Br)cc2)C1. The standard InChI is InChI=1S/C13H17BrN2O3S/c1-10(17)15-12-3-2-8-16(9-12)20(18,19)13-6-4-11(14)5-7-13/h4-7,12H,2-3,8-9H2,1H3,(H,15,17). The van der Waals surface area contributed by atoms with Crippen LogP contribution in [0.1, 0.15) is 19.8 Å². The maximum absolute atomic E-state index is 12.5. The molecule has 0 aromatic heterocycles. The van der Waals surface area contributed by atoms with Crippen molar-refractivity contribution in [3.63, 3.8) is 0 Å². The molecule has 1 N–H and O–H groups in total. The fourth-order valence-corrected chi connectivity index (χ4v) is 4.11. The van der Waals surface area contributed by atoms with Crippen LogP contribution in [0.4, 0.5) is 0 Å². The van der Waals surface area contributed by atoms with Crippen LogP contribution in [0.3, 0.4) is 0 Å². The van der Waals surface area contributed by atoms with Crippen molar-refractivity contribution < 1.29 is 13.2 Å². The van der Waals surface area contributed by atoms with Crippen molar-refractivity contribution >= 4 is 31.9 Å². The van der Waals surface area contributed by atoms with E-state index in [1.54, 1.807) is 24.3 Å². The zero-order valence-corrected chi connectivity index (χ0v) is 13.6. The molecule has 7 heteroatoms. The molecule has 1 atom stereocenters. The highest BCUT2D eigenvalue weighted by molar-refractivity contribution is 9.10. The summed E-state index contributed by atoms with van der Waals surface area (Å²) < 4.78 is 27.3. The average molecular weight is 361 g/mol. The Morgan fingerprint density at radius 1 is 1.35 bits per heavy atom. The van der Waals surface area contributed by atoms with Crippen LogP contribution in [0, 0.1) is 0 Å². The third-order valence-electron chi connectivity index (χ3n) is 3.24. The molecule has 5 nitrogen and oxygen atoms in total. The number of amides is 1. The van der Waals surface area contributed by atoms with E-state index in [4.69, 9.17) is 0 Å². The maximum Gasteiger partial charge on any atom is 0.243 e. The minimum atomic E-state index is -3.49. The number of piperidine rings is 1. The van der Waals surface area contributed by atoms with Crippen LogP contribution in [-0.2, 0) is 14.8 Å². The Morgan fingerprint density at radius 3 is 2.60 bits per heavy atom. The molecule has 0 radical (unpaired) electrons. The molecule has 1 unspecified atom stereocenters. The first-order chi connectivity index (χ1) is 9.39. The van der Waals surface area contributed by atoms with Crippen LogP contribution in [-0.4, -0.2) is 37.8 Å². The zero-order valence-electron chi connectivity index (χ0n) is 11.2. The smallest absolute Gasteiger partial charge is 0.243 e. The molecule has 0 aliphatic carbocycles. The Hall–Kier alpha value is -0.920. The van der Waals surface area contributed by atoms with Crippen molar-refractivity contribution in [1.82, 2.24) is 9.62 Å². The lowest BCUT2D eigenvalue weighted by Gasteiger charge is -2.32. The van der Waals surface area contributed by atoms with E-state index in [9.17, 15) is 13.2 Å². The van der Waals surface area contributed by atoms with Crippen molar-refractivity contribution in [2.24, 2.45) is 0 Å². The Morgan fingerprint density at radius 2 is 2.00 bits per heavy atom. The summed E-state index contributed by atoms with van der Waals surface area (Å²) >= 11 is 3.29. The van der Waals surface area contributed by atoms with E-state index >= 15 is 0 Å². The fourth-order valence-electron chi connectivity index (χ4n) is 2.32. The van der Waals surface area contributed by atoms with Gasteiger partial charge in [0.15, 0.2) is 0 Å². The quantitative estimate of drug-likeness (QED) is 0.892. The summed E-state index contributed by atoms with van der Waals surface area (Å²) in [6.07, 6.45) is 1.56. The molecule has 2 rings (SSSR count). The van der Waals surface area contributed by atoms with E-state index < -0.39 is 10.0 Å². The highest BCUT2D eigenvalue weighted by atomic mass is 79.9. The largest absolute Gasteiger partial charge is 0.352 e. The van der Waals surface area contributed by atoms with Gasteiger partial charge >= 0.3 is 0 Å². The van der Waals surface area contributed by atoms with Gasteiger partial charge in [-0.3, -0.25) is 4.79 Å². The van der Waals surface area contributed by atoms with Crippen molar-refractivity contribution in [2.75, 3.05) is 13.1 Å². The first kappa shape index (κ1) is 15.5. The van der Waals surface area contributed by atoms with E-state index in [0.29, 0.717) is 13.1 Å². The molecular formula is C13H17BrN2O3S. The second-order valence-corrected chi connectivity index (χ2v) is 7.71. The molecule has 0 bridgehead atoms. The molecule has 1 aliphatic rings. The molecule has 0 spiro atoms. The van der Waals surface area contributed by atoms with Crippen LogP contribution in [0.15, 0.2) is 33.6 Å². The van der Waals surface area contributed by atoms with Crippen molar-refractivity contribution in [3.05, 3.63) is 28.7 Å². The molecule has 1 aromatic carbocycles. The molecule has 110 valence electrons. The third-order valence-corrected chi connectivity index (χ3v) is 5.65. The number of benzene rings is 1. The Labute approximate surface area is 127 Å². The highest BCUT2D eigenvalue weighted by Crippen LogP contribution is 2.22. The molecule has 0 saturated carbocycles. The topological polar surface area (TPSA) is 66.5 Å². The van der Waals surface area contributed by atoms with Gasteiger partial charge in [0.1, 0.15) is 0 Å². The first-order valence-electron chi connectivity index (χ1n) is 6.42. The van der Waals surface area contributed by atoms with E-state index in [0.717, 1.165) is 17.3 Å². The van der Waals surface area contributed by atoms with E-state index in [2.05, 4.69) is 21.2 Å². The predicted molar refractivity (Wildman–Crippen MR) is 79.7 cm³/mol. The number of carbonyl (C=O) groups excluding carboxylic acids is 1. The summed E-state index contributed by atoms with van der Waals surface area (Å²) in [5, 5.41) is 2.79. The summed E-state index contributed by atoms with van der Waals surface area (Å²) in [5.41, 5.74) is 0. The third kappa shape index (κ3) is 3.59. The number of nitrogens with one attached hydrogen (secondary N) is 1. The lowest BCUT2D eigenvalue weighted by atomic mass is 10.1. The monoisotopic (exact) mass is 360 g/mol. The maximum atomic E-state index is 12.5. The second-order valence-electron chi connectivity index (χ2n) is 4.86. The molecule has 20 heavy (non-hydrogen) atoms. The van der Waals surface area contributed by atoms with Gasteiger partial charge < -0.3 is 5.32 Å². The minimum Gasteiger partial charge on any atom is -0.352 e. The van der Waals surface area contributed by atoms with Gasteiger partial charge in [0.05, 0.1) is 4.90 Å². The van der Waals surface area contributed by atoms with Gasteiger partial charge in [-0.1, -0.05) is 15.9 Å².